The molecule has 0 aliphatic carbocycles. The van der Waals surface area contributed by atoms with Gasteiger partial charge in [-0.3, -0.25) is 10.1 Å². The molecule has 1 unspecified atom stereocenters. The van der Waals surface area contributed by atoms with Crippen LogP contribution >= 0.6 is 0 Å². The maximum Gasteiger partial charge on any atom is 0.338 e. The van der Waals surface area contributed by atoms with Crippen LogP contribution in [0.15, 0.2) is 18.2 Å². The van der Waals surface area contributed by atoms with Gasteiger partial charge in [0.05, 0.1) is 16.1 Å². The summed E-state index contributed by atoms with van der Waals surface area (Å²) in [7, 11) is 0. The number of nitro benzene ring substituents is 1. The molecule has 1 aromatic rings. The standard InChI is InChI=1S/C12H16N2O5/c1-3-12(2,17)7-13-10-5-4-8(14(18)19)6-9(10)11(15)16/h4-6,13,17H,3,7H2,1-2H3,(H,15,16). The normalized spacial score (nSPS) is 13.6. The molecule has 0 amide bonds. The second kappa shape index (κ2) is 5.66. The second-order valence-electron chi connectivity index (χ2n) is 4.50. The van der Waals surface area contributed by atoms with Gasteiger partial charge in [0.15, 0.2) is 0 Å². The van der Waals surface area contributed by atoms with E-state index >= 15 is 0 Å². The van der Waals surface area contributed by atoms with E-state index in [4.69, 9.17) is 5.11 Å². The molecule has 0 heterocycles. The number of hydrogen-bond acceptors (Lipinski definition) is 5. The molecule has 0 aliphatic rings. The lowest BCUT2D eigenvalue weighted by Gasteiger charge is -2.22. The van der Waals surface area contributed by atoms with Crippen LogP contribution in [0.1, 0.15) is 30.6 Å². The molecule has 104 valence electrons. The molecule has 0 fully saturated rings. The van der Waals surface area contributed by atoms with E-state index < -0.39 is 16.5 Å². The number of nitrogens with one attached hydrogen (secondary N) is 1. The van der Waals surface area contributed by atoms with Crippen LogP contribution < -0.4 is 5.32 Å². The Morgan fingerprint density at radius 2 is 2.16 bits per heavy atom. The topological polar surface area (TPSA) is 113 Å². The lowest BCUT2D eigenvalue weighted by molar-refractivity contribution is -0.384. The van der Waals surface area contributed by atoms with Crippen LogP contribution in [-0.4, -0.2) is 33.3 Å². The van der Waals surface area contributed by atoms with Gasteiger partial charge >= 0.3 is 5.97 Å². The van der Waals surface area contributed by atoms with Crippen molar-refractivity contribution in [3.8, 4) is 0 Å². The number of anilines is 1. The van der Waals surface area contributed by atoms with Gasteiger partial charge in [-0.25, -0.2) is 4.79 Å². The van der Waals surface area contributed by atoms with E-state index in [0.717, 1.165) is 6.07 Å². The summed E-state index contributed by atoms with van der Waals surface area (Å²) >= 11 is 0. The van der Waals surface area contributed by atoms with Gasteiger partial charge in [0, 0.05) is 24.4 Å². The van der Waals surface area contributed by atoms with Gasteiger partial charge in [0.1, 0.15) is 0 Å². The molecular formula is C12H16N2O5. The highest BCUT2D eigenvalue weighted by Crippen LogP contribution is 2.23. The Bertz CT molecular complexity index is 499. The minimum Gasteiger partial charge on any atom is -0.478 e. The molecule has 0 saturated heterocycles. The highest BCUT2D eigenvalue weighted by Gasteiger charge is 2.20. The number of benzene rings is 1. The predicted molar refractivity (Wildman–Crippen MR) is 69.5 cm³/mol. The maximum absolute atomic E-state index is 11.1. The number of non-ortho nitro benzene ring substituents is 1. The van der Waals surface area contributed by atoms with Crippen molar-refractivity contribution in [1.82, 2.24) is 0 Å². The van der Waals surface area contributed by atoms with E-state index in [1.165, 1.54) is 12.1 Å². The van der Waals surface area contributed by atoms with Crippen molar-refractivity contribution in [2.24, 2.45) is 0 Å². The predicted octanol–water partition coefficient (Wildman–Crippen LogP) is 1.87. The lowest BCUT2D eigenvalue weighted by atomic mass is 10.0. The quantitative estimate of drug-likeness (QED) is 0.536. The molecule has 1 rings (SSSR count). The first-order valence-electron chi connectivity index (χ1n) is 5.75. The molecule has 1 aromatic carbocycles. The van der Waals surface area contributed by atoms with Crippen molar-refractivity contribution >= 4 is 17.3 Å². The number of hydrogen-bond donors (Lipinski definition) is 3. The third kappa shape index (κ3) is 3.92. The van der Waals surface area contributed by atoms with Gasteiger partial charge in [-0.05, 0) is 19.4 Å². The monoisotopic (exact) mass is 268 g/mol. The SMILES string of the molecule is CCC(C)(O)CNc1ccc([N+](=O)[O-])cc1C(=O)O. The van der Waals surface area contributed by atoms with Crippen molar-refractivity contribution < 1.29 is 19.9 Å². The number of carboxylic acid groups (broad SMARTS) is 1. The first-order chi connectivity index (χ1) is 8.76. The number of rotatable bonds is 6. The molecule has 0 bridgehead atoms. The van der Waals surface area contributed by atoms with Gasteiger partial charge < -0.3 is 15.5 Å². The largest absolute Gasteiger partial charge is 0.478 e. The van der Waals surface area contributed by atoms with Crippen molar-refractivity contribution in [2.45, 2.75) is 25.9 Å². The highest BCUT2D eigenvalue weighted by atomic mass is 16.6. The Hall–Kier alpha value is -2.15. The van der Waals surface area contributed by atoms with E-state index in [-0.39, 0.29) is 23.5 Å². The smallest absolute Gasteiger partial charge is 0.338 e. The summed E-state index contributed by atoms with van der Waals surface area (Å²) in [6, 6.07) is 3.54. The second-order valence-corrected chi connectivity index (χ2v) is 4.50. The summed E-state index contributed by atoms with van der Waals surface area (Å²) in [6.45, 7) is 3.57. The summed E-state index contributed by atoms with van der Waals surface area (Å²) in [4.78, 5) is 21.0. The Labute approximate surface area is 110 Å². The van der Waals surface area contributed by atoms with Gasteiger partial charge in [-0.1, -0.05) is 6.92 Å². The number of carbonyl (C=O) groups is 1. The number of aromatic carboxylic acids is 1. The van der Waals surface area contributed by atoms with E-state index in [1.807, 2.05) is 0 Å². The lowest BCUT2D eigenvalue weighted by Crippen LogP contribution is -2.32. The molecule has 0 aromatic heterocycles. The molecule has 7 nitrogen and oxygen atoms in total. The molecule has 0 radical (unpaired) electrons. The fraction of sp³-hybridized carbons (Fsp3) is 0.417. The third-order valence-electron chi connectivity index (χ3n) is 2.87. The fourth-order valence-corrected chi connectivity index (χ4v) is 1.39. The minimum atomic E-state index is -1.26. The first-order valence-corrected chi connectivity index (χ1v) is 5.75. The Morgan fingerprint density at radius 1 is 1.53 bits per heavy atom. The summed E-state index contributed by atoms with van der Waals surface area (Å²) in [5.74, 6) is -1.26. The Balaban J connectivity index is 3.01. The Kier molecular flexibility index (Phi) is 4.44. The van der Waals surface area contributed by atoms with E-state index in [9.17, 15) is 20.0 Å². The van der Waals surface area contributed by atoms with Crippen molar-refractivity contribution in [1.29, 1.82) is 0 Å². The van der Waals surface area contributed by atoms with Crippen LogP contribution in [-0.2, 0) is 0 Å². The van der Waals surface area contributed by atoms with Crippen LogP contribution in [0.25, 0.3) is 0 Å². The number of carboxylic acids is 1. The zero-order chi connectivity index (χ0) is 14.6. The molecule has 0 aliphatic heterocycles. The number of nitrogens with zero attached hydrogens (tertiary/aromatic N) is 1. The number of nitro groups is 1. The highest BCUT2D eigenvalue weighted by molar-refractivity contribution is 5.95. The average molecular weight is 268 g/mol. The average Bonchev–Trinajstić information content (AvgIpc) is 2.36. The summed E-state index contributed by atoms with van der Waals surface area (Å²) < 4.78 is 0. The van der Waals surface area contributed by atoms with Gasteiger partial charge in [-0.15, -0.1) is 0 Å². The summed E-state index contributed by atoms with van der Waals surface area (Å²) in [5, 5.41) is 32.3. The van der Waals surface area contributed by atoms with Crippen molar-refractivity contribution in [2.75, 3.05) is 11.9 Å². The molecule has 3 N–H and O–H groups in total. The Morgan fingerprint density at radius 3 is 2.63 bits per heavy atom. The maximum atomic E-state index is 11.1. The van der Waals surface area contributed by atoms with Crippen LogP contribution in [0.2, 0.25) is 0 Å². The van der Waals surface area contributed by atoms with Crippen molar-refractivity contribution in [3.63, 3.8) is 0 Å². The summed E-state index contributed by atoms with van der Waals surface area (Å²) in [6.07, 6.45) is 0.495. The van der Waals surface area contributed by atoms with E-state index in [0.29, 0.717) is 6.42 Å². The molecule has 7 heteroatoms. The zero-order valence-corrected chi connectivity index (χ0v) is 10.7. The van der Waals surface area contributed by atoms with Gasteiger partial charge in [0.2, 0.25) is 0 Å². The van der Waals surface area contributed by atoms with E-state index in [1.54, 1.807) is 13.8 Å². The van der Waals surface area contributed by atoms with Gasteiger partial charge in [-0.2, -0.15) is 0 Å². The number of aliphatic hydroxyl groups is 1. The van der Waals surface area contributed by atoms with Crippen molar-refractivity contribution in [3.05, 3.63) is 33.9 Å². The first kappa shape index (κ1) is 14.9. The molecule has 0 saturated carbocycles. The van der Waals surface area contributed by atoms with Crippen LogP contribution in [0.4, 0.5) is 11.4 Å². The summed E-state index contributed by atoms with van der Waals surface area (Å²) in [5.41, 5.74) is -1.21. The fourth-order valence-electron chi connectivity index (χ4n) is 1.39. The van der Waals surface area contributed by atoms with Crippen LogP contribution in [0.3, 0.4) is 0 Å². The van der Waals surface area contributed by atoms with Gasteiger partial charge in [0.25, 0.3) is 5.69 Å². The van der Waals surface area contributed by atoms with Crippen LogP contribution in [0, 0.1) is 10.1 Å². The van der Waals surface area contributed by atoms with E-state index in [2.05, 4.69) is 5.32 Å². The van der Waals surface area contributed by atoms with Crippen LogP contribution in [0.5, 0.6) is 0 Å². The molecule has 19 heavy (non-hydrogen) atoms. The molecule has 1 atom stereocenters. The third-order valence-corrected chi connectivity index (χ3v) is 2.87. The molecular weight excluding hydrogens is 252 g/mol. The zero-order valence-electron chi connectivity index (χ0n) is 10.7. The minimum absolute atomic E-state index is 0.154. The molecule has 0 spiro atoms.